The number of fused-ring (bicyclic) bond motifs is 1. The summed E-state index contributed by atoms with van der Waals surface area (Å²) in [6, 6.07) is 7.12. The molecule has 2 amide bonds. The van der Waals surface area contributed by atoms with E-state index in [9.17, 15) is 9.59 Å². The maximum atomic E-state index is 12.2. The monoisotopic (exact) mass is 323 g/mol. The second-order valence-corrected chi connectivity index (χ2v) is 5.88. The number of benzene rings is 1. The van der Waals surface area contributed by atoms with Gasteiger partial charge in [-0.2, -0.15) is 0 Å². The van der Waals surface area contributed by atoms with Crippen molar-refractivity contribution in [1.82, 2.24) is 4.90 Å². The van der Waals surface area contributed by atoms with Crippen molar-refractivity contribution in [1.29, 1.82) is 0 Å². The first-order valence-electron chi connectivity index (χ1n) is 7.22. The van der Waals surface area contributed by atoms with Crippen LogP contribution in [0.15, 0.2) is 24.3 Å². The van der Waals surface area contributed by atoms with Crippen LogP contribution >= 0.6 is 0 Å². The summed E-state index contributed by atoms with van der Waals surface area (Å²) in [5.41, 5.74) is 1.14. The van der Waals surface area contributed by atoms with Crippen LogP contribution < -0.4 is 0 Å². The van der Waals surface area contributed by atoms with Gasteiger partial charge in [0.25, 0.3) is 11.8 Å². The van der Waals surface area contributed by atoms with Gasteiger partial charge in [-0.05, 0) is 30.9 Å². The molecule has 7 heteroatoms. The molecule has 3 rings (SSSR count). The van der Waals surface area contributed by atoms with E-state index in [2.05, 4.69) is 0 Å². The van der Waals surface area contributed by atoms with E-state index >= 15 is 0 Å². The molecule has 22 heavy (non-hydrogen) atoms. The third kappa shape index (κ3) is 3.79. The zero-order valence-electron chi connectivity index (χ0n) is 12.0. The first-order valence-corrected chi connectivity index (χ1v) is 8.22. The highest BCUT2D eigenvalue weighted by atomic mass is 32.2. The summed E-state index contributed by atoms with van der Waals surface area (Å²) in [7, 11) is -3.11. The lowest BCUT2D eigenvalue weighted by Crippen LogP contribution is -2.35. The van der Waals surface area contributed by atoms with Crippen LogP contribution in [0.2, 0.25) is 0 Å². The minimum atomic E-state index is -3.11. The second-order valence-electron chi connectivity index (χ2n) is 5.47. The minimum absolute atomic E-state index is 0.110. The first kappa shape index (κ1) is 16.4. The number of carbonyl (C=O) groups excluding carboxylic acids is 2. The van der Waals surface area contributed by atoms with Gasteiger partial charge < -0.3 is 0 Å². The van der Waals surface area contributed by atoms with Gasteiger partial charge in [-0.25, -0.2) is 0 Å². The minimum Gasteiger partial charge on any atom is -0.274 e. The molecule has 0 unspecified atom stereocenters. The van der Waals surface area contributed by atoms with Gasteiger partial charge >= 0.3 is 10.6 Å². The lowest BCUT2D eigenvalue weighted by molar-refractivity contribution is 0.0617. The van der Waals surface area contributed by atoms with Gasteiger partial charge in [-0.1, -0.05) is 31.4 Å². The number of imide groups is 1. The molecule has 1 aliphatic carbocycles. The maximum Gasteiger partial charge on any atom is 0.425 e. The van der Waals surface area contributed by atoms with Gasteiger partial charge in [-0.3, -0.25) is 14.5 Å². The van der Waals surface area contributed by atoms with E-state index in [4.69, 9.17) is 12.6 Å². The van der Waals surface area contributed by atoms with Crippen molar-refractivity contribution in [2.45, 2.75) is 32.1 Å². The average molecular weight is 323 g/mol. The summed E-state index contributed by atoms with van der Waals surface area (Å²) in [4.78, 5) is 25.8. The summed E-state index contributed by atoms with van der Waals surface area (Å²) in [5.74, 6) is 0.281. The van der Waals surface area contributed by atoms with Crippen LogP contribution in [0.1, 0.15) is 52.8 Å². The Morgan fingerprint density at radius 3 is 1.82 bits per heavy atom. The molecule has 1 saturated carbocycles. The zero-order valence-corrected chi connectivity index (χ0v) is 12.8. The Hall–Kier alpha value is -2.02. The molecule has 0 atom stereocenters. The van der Waals surface area contributed by atoms with Gasteiger partial charge in [0.05, 0.1) is 11.1 Å². The highest BCUT2D eigenvalue weighted by Gasteiger charge is 2.36. The molecule has 0 N–H and O–H groups in total. The highest BCUT2D eigenvalue weighted by Crippen LogP contribution is 2.28. The Balaban J connectivity index is 0.000000396. The number of rotatable bonds is 2. The van der Waals surface area contributed by atoms with Crippen LogP contribution in [0.5, 0.6) is 0 Å². The van der Waals surface area contributed by atoms with Crippen LogP contribution in [-0.4, -0.2) is 35.9 Å². The number of hydrogen-bond acceptors (Lipinski definition) is 5. The normalized spacial score (nSPS) is 17.7. The van der Waals surface area contributed by atoms with E-state index < -0.39 is 10.6 Å². The maximum absolute atomic E-state index is 12.2. The fraction of sp³-hybridized carbons (Fsp3) is 0.467. The van der Waals surface area contributed by atoms with Crippen LogP contribution in [-0.2, 0) is 10.6 Å². The summed E-state index contributed by atoms with van der Waals surface area (Å²) >= 11 is 0. The topological polar surface area (TPSA) is 88.6 Å². The van der Waals surface area contributed by atoms with Crippen molar-refractivity contribution < 1.29 is 22.2 Å². The average Bonchev–Trinajstić information content (AvgIpc) is 2.74. The van der Waals surface area contributed by atoms with Crippen molar-refractivity contribution in [3.8, 4) is 0 Å². The number of hydrogen-bond donors (Lipinski definition) is 0. The first-order chi connectivity index (χ1) is 10.5. The van der Waals surface area contributed by atoms with Crippen molar-refractivity contribution in [3.05, 3.63) is 35.4 Å². The van der Waals surface area contributed by atoms with E-state index in [0.29, 0.717) is 23.6 Å². The second kappa shape index (κ2) is 7.31. The molecule has 0 radical (unpaired) electrons. The molecule has 6 nitrogen and oxygen atoms in total. The van der Waals surface area contributed by atoms with Crippen LogP contribution in [0, 0.1) is 5.92 Å². The van der Waals surface area contributed by atoms with Crippen molar-refractivity contribution in [3.63, 3.8) is 0 Å². The largest absolute Gasteiger partial charge is 0.425 e. The predicted octanol–water partition coefficient (Wildman–Crippen LogP) is 1.86. The fourth-order valence-electron chi connectivity index (χ4n) is 3.03. The molecule has 118 valence electrons. The molecule has 1 heterocycles. The van der Waals surface area contributed by atoms with E-state index in [1.54, 1.807) is 12.1 Å². The molecule has 1 fully saturated rings. The van der Waals surface area contributed by atoms with Crippen LogP contribution in [0.4, 0.5) is 0 Å². The number of amides is 2. The Morgan fingerprint density at radius 2 is 1.36 bits per heavy atom. The fourth-order valence-corrected chi connectivity index (χ4v) is 3.03. The predicted molar refractivity (Wildman–Crippen MR) is 78.1 cm³/mol. The number of carbonyl (C=O) groups is 2. The third-order valence-electron chi connectivity index (χ3n) is 4.04. The van der Waals surface area contributed by atoms with Crippen LogP contribution in [0.25, 0.3) is 0 Å². The van der Waals surface area contributed by atoms with E-state index in [0.717, 1.165) is 12.8 Å². The van der Waals surface area contributed by atoms with E-state index in [1.807, 2.05) is 12.1 Å². The van der Waals surface area contributed by atoms with E-state index in [-0.39, 0.29) is 11.8 Å². The lowest BCUT2D eigenvalue weighted by atomic mass is 9.89. The molecule has 1 aliphatic heterocycles. The lowest BCUT2D eigenvalue weighted by Gasteiger charge is -2.25. The molecule has 0 bridgehead atoms. The molecule has 0 spiro atoms. The van der Waals surface area contributed by atoms with Crippen LogP contribution in [0.3, 0.4) is 0 Å². The summed E-state index contributed by atoms with van der Waals surface area (Å²) in [5, 5.41) is 0. The van der Waals surface area contributed by atoms with Gasteiger partial charge in [0.2, 0.25) is 0 Å². The van der Waals surface area contributed by atoms with Gasteiger partial charge in [0.15, 0.2) is 0 Å². The standard InChI is InChI=1S/C15H17NO2.O3S/c17-14-12-8-4-5-9-13(12)15(18)16(14)10-11-6-2-1-3-7-11;1-4(2)3/h4-5,8-9,11H,1-3,6-7,10H2;. The van der Waals surface area contributed by atoms with Gasteiger partial charge in [0.1, 0.15) is 0 Å². The zero-order chi connectivity index (χ0) is 16.1. The Bertz CT molecular complexity index is 635. The molecule has 1 aromatic carbocycles. The SMILES string of the molecule is O=C1c2ccccc2C(=O)N1CC1CCCCC1.O=S(=O)=O. The van der Waals surface area contributed by atoms with Crippen molar-refractivity contribution in [2.24, 2.45) is 5.92 Å². The summed E-state index contributed by atoms with van der Waals surface area (Å²) in [6.45, 7) is 0.604. The van der Waals surface area contributed by atoms with Crippen molar-refractivity contribution in [2.75, 3.05) is 6.54 Å². The smallest absolute Gasteiger partial charge is 0.274 e. The molecule has 1 aromatic rings. The Labute approximate surface area is 130 Å². The van der Waals surface area contributed by atoms with Crippen molar-refractivity contribution >= 4 is 22.4 Å². The van der Waals surface area contributed by atoms with E-state index in [1.165, 1.54) is 24.2 Å². The molecular weight excluding hydrogens is 306 g/mol. The highest BCUT2D eigenvalue weighted by molar-refractivity contribution is 7.59. The Kier molecular flexibility index (Phi) is 5.43. The van der Waals surface area contributed by atoms with Gasteiger partial charge in [-0.15, -0.1) is 12.6 Å². The molecule has 0 aromatic heterocycles. The van der Waals surface area contributed by atoms with Gasteiger partial charge in [0, 0.05) is 6.54 Å². The summed E-state index contributed by atoms with van der Waals surface area (Å²) in [6.07, 6.45) is 6.04. The third-order valence-corrected chi connectivity index (χ3v) is 4.04. The number of nitrogens with zero attached hydrogens (tertiary/aromatic N) is 1. The molecule has 2 aliphatic rings. The molecular formula is C15H17NO5S. The Morgan fingerprint density at radius 1 is 0.909 bits per heavy atom. The quantitative estimate of drug-likeness (QED) is 0.775. The summed E-state index contributed by atoms with van der Waals surface area (Å²) < 4.78 is 25.3. The molecule has 0 saturated heterocycles.